The van der Waals surface area contributed by atoms with Gasteiger partial charge in [0, 0.05) is 20.0 Å². The Morgan fingerprint density at radius 1 is 1.14 bits per heavy atom. The molecule has 1 aliphatic heterocycles. The molecule has 14 heavy (non-hydrogen) atoms. The van der Waals surface area contributed by atoms with E-state index in [0.29, 0.717) is 0 Å². The predicted molar refractivity (Wildman–Crippen MR) is 56.1 cm³/mol. The van der Waals surface area contributed by atoms with E-state index in [4.69, 9.17) is 0 Å². The van der Waals surface area contributed by atoms with Crippen LogP contribution >= 0.6 is 0 Å². The van der Waals surface area contributed by atoms with Crippen LogP contribution in [0.5, 0.6) is 0 Å². The molecule has 2 heteroatoms. The number of fused-ring (bicyclic) bond motifs is 1. The van der Waals surface area contributed by atoms with Gasteiger partial charge < -0.3 is 4.90 Å². The predicted octanol–water partition coefficient (Wildman–Crippen LogP) is 1.63. The van der Waals surface area contributed by atoms with Crippen LogP contribution < -0.4 is 0 Å². The fourth-order valence-corrected chi connectivity index (χ4v) is 1.98. The summed E-state index contributed by atoms with van der Waals surface area (Å²) in [5.41, 5.74) is 2.80. The van der Waals surface area contributed by atoms with Crippen LogP contribution in [0.25, 0.3) is 0 Å². The second kappa shape index (κ2) is 3.82. The van der Waals surface area contributed by atoms with Crippen molar-refractivity contribution in [1.82, 2.24) is 4.90 Å². The Balaban J connectivity index is 2.18. The average Bonchev–Trinajstić information content (AvgIpc) is 2.39. The normalized spacial score (nSPS) is 15.9. The lowest BCUT2D eigenvalue weighted by Gasteiger charge is -2.17. The van der Waals surface area contributed by atoms with Gasteiger partial charge in [-0.25, -0.2) is 0 Å². The Labute approximate surface area is 84.5 Å². The zero-order valence-electron chi connectivity index (χ0n) is 8.49. The van der Waals surface area contributed by atoms with E-state index >= 15 is 0 Å². The lowest BCUT2D eigenvalue weighted by Crippen LogP contribution is -2.30. The van der Waals surface area contributed by atoms with Gasteiger partial charge in [-0.3, -0.25) is 4.79 Å². The van der Waals surface area contributed by atoms with Crippen LogP contribution in [0.3, 0.4) is 0 Å². The molecular weight excluding hydrogens is 174 g/mol. The van der Waals surface area contributed by atoms with Crippen molar-refractivity contribution in [3.63, 3.8) is 0 Å². The number of benzene rings is 1. The lowest BCUT2D eigenvalue weighted by molar-refractivity contribution is -0.128. The first-order valence-corrected chi connectivity index (χ1v) is 5.09. The molecule has 1 amide bonds. The van der Waals surface area contributed by atoms with Crippen molar-refractivity contribution in [1.29, 1.82) is 0 Å². The molecule has 0 aliphatic carbocycles. The van der Waals surface area contributed by atoms with Crippen LogP contribution in [0.2, 0.25) is 0 Å². The van der Waals surface area contributed by atoms with E-state index in [-0.39, 0.29) is 5.91 Å². The Morgan fingerprint density at radius 3 is 2.07 bits per heavy atom. The van der Waals surface area contributed by atoms with Crippen LogP contribution in [-0.4, -0.2) is 23.9 Å². The van der Waals surface area contributed by atoms with Gasteiger partial charge in [0.2, 0.25) is 5.91 Å². The molecule has 0 unspecified atom stereocenters. The van der Waals surface area contributed by atoms with Gasteiger partial charge in [0.1, 0.15) is 0 Å². The minimum absolute atomic E-state index is 0.192. The molecule has 0 saturated carbocycles. The zero-order chi connectivity index (χ0) is 9.97. The van der Waals surface area contributed by atoms with Crippen LogP contribution in [-0.2, 0) is 17.6 Å². The molecule has 1 aliphatic rings. The van der Waals surface area contributed by atoms with Gasteiger partial charge in [-0.1, -0.05) is 24.3 Å². The lowest BCUT2D eigenvalue weighted by atomic mass is 10.0. The number of rotatable bonds is 0. The molecule has 0 N–H and O–H groups in total. The van der Waals surface area contributed by atoms with E-state index in [1.807, 2.05) is 4.90 Å². The summed E-state index contributed by atoms with van der Waals surface area (Å²) in [6.07, 6.45) is 1.99. The second-order valence-corrected chi connectivity index (χ2v) is 3.77. The quantitative estimate of drug-likeness (QED) is 0.607. The van der Waals surface area contributed by atoms with Crippen molar-refractivity contribution >= 4 is 5.91 Å². The minimum atomic E-state index is 0.192. The molecule has 2 rings (SSSR count). The molecule has 0 saturated heterocycles. The third-order valence-electron chi connectivity index (χ3n) is 2.87. The van der Waals surface area contributed by atoms with E-state index in [1.54, 1.807) is 6.92 Å². The molecule has 0 atom stereocenters. The first-order valence-electron chi connectivity index (χ1n) is 5.09. The number of hydrogen-bond donors (Lipinski definition) is 0. The van der Waals surface area contributed by atoms with Gasteiger partial charge in [-0.15, -0.1) is 0 Å². The largest absolute Gasteiger partial charge is 0.342 e. The molecule has 74 valence electrons. The summed E-state index contributed by atoms with van der Waals surface area (Å²) < 4.78 is 0. The maximum Gasteiger partial charge on any atom is 0.219 e. The molecule has 0 fully saturated rings. The first-order chi connectivity index (χ1) is 6.77. The Morgan fingerprint density at radius 2 is 1.64 bits per heavy atom. The second-order valence-electron chi connectivity index (χ2n) is 3.77. The molecule has 0 radical (unpaired) electrons. The maximum atomic E-state index is 11.2. The summed E-state index contributed by atoms with van der Waals surface area (Å²) in [7, 11) is 0. The number of nitrogens with zero attached hydrogens (tertiary/aromatic N) is 1. The van der Waals surface area contributed by atoms with Crippen LogP contribution in [0.15, 0.2) is 24.3 Å². The van der Waals surface area contributed by atoms with Gasteiger partial charge in [0.25, 0.3) is 0 Å². The van der Waals surface area contributed by atoms with Crippen molar-refractivity contribution in [3.05, 3.63) is 35.4 Å². The zero-order valence-corrected chi connectivity index (χ0v) is 8.49. The van der Waals surface area contributed by atoms with E-state index in [9.17, 15) is 4.79 Å². The molecule has 1 aromatic carbocycles. The molecule has 1 aromatic rings. The van der Waals surface area contributed by atoms with E-state index in [1.165, 1.54) is 11.1 Å². The number of carbonyl (C=O) groups excluding carboxylic acids is 1. The van der Waals surface area contributed by atoms with E-state index in [2.05, 4.69) is 24.3 Å². The van der Waals surface area contributed by atoms with Gasteiger partial charge in [-0.2, -0.15) is 0 Å². The van der Waals surface area contributed by atoms with Crippen LogP contribution in [0, 0.1) is 0 Å². The molecule has 0 aromatic heterocycles. The van der Waals surface area contributed by atoms with E-state index in [0.717, 1.165) is 25.9 Å². The van der Waals surface area contributed by atoms with Gasteiger partial charge in [0.05, 0.1) is 0 Å². The fourth-order valence-electron chi connectivity index (χ4n) is 1.98. The molecule has 1 heterocycles. The number of carbonyl (C=O) groups is 1. The highest BCUT2D eigenvalue weighted by molar-refractivity contribution is 5.73. The molecular formula is C12H15NO. The molecule has 0 bridgehead atoms. The van der Waals surface area contributed by atoms with E-state index < -0.39 is 0 Å². The summed E-state index contributed by atoms with van der Waals surface area (Å²) >= 11 is 0. The van der Waals surface area contributed by atoms with Crippen molar-refractivity contribution in [2.75, 3.05) is 13.1 Å². The summed E-state index contributed by atoms with van der Waals surface area (Å²) in [5.74, 6) is 0.192. The summed E-state index contributed by atoms with van der Waals surface area (Å²) in [5, 5.41) is 0. The Bertz CT molecular complexity index is 319. The van der Waals surface area contributed by atoms with Crippen molar-refractivity contribution in [2.45, 2.75) is 19.8 Å². The highest BCUT2D eigenvalue weighted by Crippen LogP contribution is 2.15. The smallest absolute Gasteiger partial charge is 0.219 e. The van der Waals surface area contributed by atoms with Crippen LogP contribution in [0.1, 0.15) is 18.1 Å². The number of hydrogen-bond acceptors (Lipinski definition) is 1. The third kappa shape index (κ3) is 1.79. The summed E-state index contributed by atoms with van der Waals surface area (Å²) in [6, 6.07) is 8.47. The van der Waals surface area contributed by atoms with Crippen molar-refractivity contribution in [2.24, 2.45) is 0 Å². The standard InChI is InChI=1S/C12H15NO/c1-10(14)13-8-6-11-4-2-3-5-12(11)7-9-13/h2-5H,6-9H2,1H3. The van der Waals surface area contributed by atoms with Gasteiger partial charge in [0.15, 0.2) is 0 Å². The summed E-state index contributed by atoms with van der Waals surface area (Å²) in [6.45, 7) is 3.38. The monoisotopic (exact) mass is 189 g/mol. The SMILES string of the molecule is CC(=O)N1CCc2ccccc2CC1. The summed E-state index contributed by atoms with van der Waals surface area (Å²) in [4.78, 5) is 13.2. The number of amides is 1. The highest BCUT2D eigenvalue weighted by atomic mass is 16.2. The van der Waals surface area contributed by atoms with Crippen molar-refractivity contribution < 1.29 is 4.79 Å². The molecule has 0 spiro atoms. The third-order valence-corrected chi connectivity index (χ3v) is 2.87. The Hall–Kier alpha value is -1.31. The topological polar surface area (TPSA) is 20.3 Å². The first kappa shape index (κ1) is 9.25. The Kier molecular flexibility index (Phi) is 2.53. The fraction of sp³-hybridized carbons (Fsp3) is 0.417. The molecule has 2 nitrogen and oxygen atoms in total. The highest BCUT2D eigenvalue weighted by Gasteiger charge is 2.14. The van der Waals surface area contributed by atoms with Crippen molar-refractivity contribution in [3.8, 4) is 0 Å². The van der Waals surface area contributed by atoms with Gasteiger partial charge >= 0.3 is 0 Å². The van der Waals surface area contributed by atoms with Gasteiger partial charge in [-0.05, 0) is 24.0 Å². The average molecular weight is 189 g/mol. The van der Waals surface area contributed by atoms with Crippen LogP contribution in [0.4, 0.5) is 0 Å². The minimum Gasteiger partial charge on any atom is -0.342 e. The maximum absolute atomic E-state index is 11.2.